The van der Waals surface area contributed by atoms with E-state index in [0.29, 0.717) is 5.92 Å². The summed E-state index contributed by atoms with van der Waals surface area (Å²) in [7, 11) is -0.855. The molecule has 0 amide bonds. The maximum atomic E-state index is 12.3. The van der Waals surface area contributed by atoms with Crippen molar-refractivity contribution in [3.8, 4) is 0 Å². The summed E-state index contributed by atoms with van der Waals surface area (Å²) in [5.41, 5.74) is -0.589. The summed E-state index contributed by atoms with van der Waals surface area (Å²) >= 11 is 1.76. The third-order valence-electron chi connectivity index (χ3n) is 6.34. The summed E-state index contributed by atoms with van der Waals surface area (Å²) in [5, 5.41) is 11.4. The van der Waals surface area contributed by atoms with Crippen LogP contribution in [0.4, 0.5) is 0 Å². The van der Waals surface area contributed by atoms with Gasteiger partial charge < -0.3 is 5.11 Å². The topological polar surface area (TPSA) is 37.3 Å². The molecule has 2 nitrogen and oxygen atoms in total. The third kappa shape index (κ3) is 1.43. The lowest BCUT2D eigenvalue weighted by atomic mass is 9.65. The van der Waals surface area contributed by atoms with Crippen molar-refractivity contribution in [2.45, 2.75) is 56.6 Å². The first-order valence-electron chi connectivity index (χ1n) is 7.04. The second-order valence-corrected chi connectivity index (χ2v) is 10.2. The van der Waals surface area contributed by atoms with Gasteiger partial charge in [-0.3, -0.25) is 4.21 Å². The van der Waals surface area contributed by atoms with Crippen LogP contribution in [0.15, 0.2) is 0 Å². The highest BCUT2D eigenvalue weighted by Gasteiger charge is 2.71. The van der Waals surface area contributed by atoms with E-state index in [-0.39, 0.29) is 15.4 Å². The lowest BCUT2D eigenvalue weighted by molar-refractivity contribution is -0.0771. The Balaban J connectivity index is 1.99. The SMILES string of the molecule is CC1(C)[C@H]2CC[C@]1(C)[C@](O)([C@@H]1SCCC[S@@]1=O)C2. The van der Waals surface area contributed by atoms with Gasteiger partial charge in [-0.1, -0.05) is 20.8 Å². The van der Waals surface area contributed by atoms with Crippen LogP contribution in [0.2, 0.25) is 0 Å². The van der Waals surface area contributed by atoms with Crippen LogP contribution in [-0.2, 0) is 10.8 Å². The highest BCUT2D eigenvalue weighted by Crippen LogP contribution is 2.71. The monoisotopic (exact) mass is 288 g/mol. The summed E-state index contributed by atoms with van der Waals surface area (Å²) in [6, 6.07) is 0. The van der Waals surface area contributed by atoms with Crippen molar-refractivity contribution >= 4 is 22.6 Å². The molecule has 3 rings (SSSR count). The van der Waals surface area contributed by atoms with Gasteiger partial charge in [-0.2, -0.15) is 0 Å². The van der Waals surface area contributed by atoms with Gasteiger partial charge in [-0.15, -0.1) is 11.8 Å². The predicted molar refractivity (Wildman–Crippen MR) is 78.1 cm³/mol. The fraction of sp³-hybridized carbons (Fsp3) is 1.00. The maximum Gasteiger partial charge on any atom is 0.109 e. The summed E-state index contributed by atoms with van der Waals surface area (Å²) in [6.45, 7) is 6.85. The molecule has 0 aromatic heterocycles. The van der Waals surface area contributed by atoms with Gasteiger partial charge in [0.2, 0.25) is 0 Å². The van der Waals surface area contributed by atoms with Gasteiger partial charge in [-0.25, -0.2) is 0 Å². The van der Waals surface area contributed by atoms with Crippen LogP contribution >= 0.6 is 11.8 Å². The Morgan fingerprint density at radius 3 is 2.56 bits per heavy atom. The zero-order valence-corrected chi connectivity index (χ0v) is 13.2. The van der Waals surface area contributed by atoms with Crippen molar-refractivity contribution in [2.24, 2.45) is 16.7 Å². The highest BCUT2D eigenvalue weighted by molar-refractivity contribution is 8.12. The second-order valence-electron chi connectivity index (χ2n) is 7.06. The molecule has 0 spiro atoms. The molecule has 1 aliphatic heterocycles. The van der Waals surface area contributed by atoms with E-state index in [1.807, 2.05) is 0 Å². The first-order valence-corrected chi connectivity index (χ1v) is 9.47. The first-order chi connectivity index (χ1) is 8.33. The van der Waals surface area contributed by atoms with E-state index in [0.717, 1.165) is 30.8 Å². The number of fused-ring (bicyclic) bond motifs is 2. The fourth-order valence-electron chi connectivity index (χ4n) is 4.62. The standard InChI is InChI=1S/C14H24O2S2/c1-12(2)10-5-6-13(12,3)14(15,9-10)11-17-7-4-8-18(11)16/h10-11,15H,4-9H2,1-3H3/t10-,11+,13-,14+,18-/m0/s1. The van der Waals surface area contributed by atoms with Crippen LogP contribution in [0.25, 0.3) is 0 Å². The van der Waals surface area contributed by atoms with Crippen LogP contribution in [0.5, 0.6) is 0 Å². The summed E-state index contributed by atoms with van der Waals surface area (Å²) in [5.74, 6) is 2.44. The Bertz CT molecular complexity index is 395. The summed E-state index contributed by atoms with van der Waals surface area (Å²) in [6.07, 6.45) is 4.22. The molecule has 0 aromatic rings. The highest BCUT2D eigenvalue weighted by atomic mass is 32.2. The molecule has 1 saturated heterocycles. The van der Waals surface area contributed by atoms with Crippen molar-refractivity contribution in [2.75, 3.05) is 11.5 Å². The molecule has 2 aliphatic carbocycles. The van der Waals surface area contributed by atoms with Crippen LogP contribution in [0.3, 0.4) is 0 Å². The van der Waals surface area contributed by atoms with Gasteiger partial charge in [0, 0.05) is 22.0 Å². The molecule has 4 heteroatoms. The molecule has 3 aliphatic rings. The van der Waals surface area contributed by atoms with Gasteiger partial charge in [0.1, 0.15) is 4.58 Å². The van der Waals surface area contributed by atoms with Crippen molar-refractivity contribution < 1.29 is 9.32 Å². The second kappa shape index (κ2) is 3.98. The number of rotatable bonds is 1. The first kappa shape index (κ1) is 13.4. The molecule has 18 heavy (non-hydrogen) atoms. The lowest BCUT2D eigenvalue weighted by Gasteiger charge is -2.49. The molecule has 0 radical (unpaired) electrons. The molecular formula is C14H24O2S2. The molecule has 2 bridgehead atoms. The van der Waals surface area contributed by atoms with E-state index < -0.39 is 16.4 Å². The molecular weight excluding hydrogens is 264 g/mol. The number of thioether (sulfide) groups is 1. The Morgan fingerprint density at radius 1 is 1.33 bits per heavy atom. The zero-order chi connectivity index (χ0) is 13.2. The predicted octanol–water partition coefficient (Wildman–Crippen LogP) is 2.78. The Labute approximate surface area is 117 Å². The lowest BCUT2D eigenvalue weighted by Crippen LogP contribution is -2.56. The fourth-order valence-corrected chi connectivity index (χ4v) is 8.57. The molecule has 1 heterocycles. The smallest absolute Gasteiger partial charge is 0.109 e. The Kier molecular flexibility index (Phi) is 2.98. The summed E-state index contributed by atoms with van der Waals surface area (Å²) in [4.78, 5) is 0. The molecule has 1 N–H and O–H groups in total. The minimum atomic E-state index is -0.855. The van der Waals surface area contributed by atoms with Crippen molar-refractivity contribution in [1.82, 2.24) is 0 Å². The Hall–Kier alpha value is 0.460. The molecule has 0 unspecified atom stereocenters. The van der Waals surface area contributed by atoms with E-state index in [1.54, 1.807) is 11.8 Å². The largest absolute Gasteiger partial charge is 0.387 e. The average Bonchev–Trinajstić information content (AvgIpc) is 2.61. The van der Waals surface area contributed by atoms with Crippen molar-refractivity contribution in [1.29, 1.82) is 0 Å². The quantitative estimate of drug-likeness (QED) is 0.806. The van der Waals surface area contributed by atoms with Crippen molar-refractivity contribution in [3.63, 3.8) is 0 Å². The van der Waals surface area contributed by atoms with Gasteiger partial charge in [0.25, 0.3) is 0 Å². The van der Waals surface area contributed by atoms with E-state index >= 15 is 0 Å². The molecule has 2 saturated carbocycles. The molecule has 3 fully saturated rings. The average molecular weight is 288 g/mol. The minimum absolute atomic E-state index is 0.0548. The molecule has 0 aromatic carbocycles. The normalized spacial score (nSPS) is 54.8. The maximum absolute atomic E-state index is 12.3. The molecule has 5 atom stereocenters. The van der Waals surface area contributed by atoms with Crippen LogP contribution < -0.4 is 0 Å². The molecule has 104 valence electrons. The summed E-state index contributed by atoms with van der Waals surface area (Å²) < 4.78 is 12.3. The minimum Gasteiger partial charge on any atom is -0.387 e. The van der Waals surface area contributed by atoms with Crippen LogP contribution in [0.1, 0.15) is 46.5 Å². The van der Waals surface area contributed by atoms with E-state index in [1.165, 1.54) is 6.42 Å². The number of hydrogen-bond acceptors (Lipinski definition) is 3. The third-order valence-corrected chi connectivity index (χ3v) is 10.2. The Morgan fingerprint density at radius 2 is 2.06 bits per heavy atom. The van der Waals surface area contributed by atoms with Gasteiger partial charge in [0.05, 0.1) is 5.60 Å². The van der Waals surface area contributed by atoms with Gasteiger partial charge >= 0.3 is 0 Å². The number of hydrogen-bond donors (Lipinski definition) is 1. The number of aliphatic hydroxyl groups is 1. The van der Waals surface area contributed by atoms with Crippen LogP contribution in [-0.4, -0.2) is 31.0 Å². The van der Waals surface area contributed by atoms with Crippen LogP contribution in [0, 0.1) is 16.7 Å². The van der Waals surface area contributed by atoms with E-state index in [4.69, 9.17) is 0 Å². The van der Waals surface area contributed by atoms with E-state index in [2.05, 4.69) is 20.8 Å². The van der Waals surface area contributed by atoms with Gasteiger partial charge in [0.15, 0.2) is 0 Å². The van der Waals surface area contributed by atoms with E-state index in [9.17, 15) is 9.32 Å². The van der Waals surface area contributed by atoms with Crippen molar-refractivity contribution in [3.05, 3.63) is 0 Å². The van der Waals surface area contributed by atoms with Gasteiger partial charge in [-0.05, 0) is 42.8 Å². The zero-order valence-electron chi connectivity index (χ0n) is 11.6.